The maximum atomic E-state index is 6.85. The van der Waals surface area contributed by atoms with E-state index >= 15 is 0 Å². The second-order valence-corrected chi connectivity index (χ2v) is 19.8. The van der Waals surface area contributed by atoms with Crippen LogP contribution in [0.1, 0.15) is 62.8 Å². The Morgan fingerprint density at radius 2 is 0.853 bits per heavy atom. The first-order valence-corrected chi connectivity index (χ1v) is 23.9. The summed E-state index contributed by atoms with van der Waals surface area (Å²) < 4.78 is 6.85. The molecule has 0 saturated carbocycles. The molecule has 0 saturated heterocycles. The minimum Gasteiger partial charge on any atom is -0.456 e. The van der Waals surface area contributed by atoms with Crippen LogP contribution in [0.4, 0.5) is 34.1 Å². The number of para-hydroxylation sites is 2. The molecule has 3 nitrogen and oxygen atoms in total. The molecule has 0 aliphatic carbocycles. The molecule has 10 aromatic carbocycles. The summed E-state index contributed by atoms with van der Waals surface area (Å²) in [6.07, 6.45) is 0. The van der Waals surface area contributed by atoms with Gasteiger partial charge in [-0.15, -0.1) is 0 Å². The lowest BCUT2D eigenvalue weighted by atomic mass is 9.84. The van der Waals surface area contributed by atoms with Crippen LogP contribution in [0.3, 0.4) is 0 Å². The molecular weight excluding hydrogens is 825 g/mol. The molecule has 0 amide bonds. The number of rotatable bonds is 9. The summed E-state index contributed by atoms with van der Waals surface area (Å²) >= 11 is 0. The van der Waals surface area contributed by atoms with Crippen molar-refractivity contribution in [3.63, 3.8) is 0 Å². The number of furan rings is 1. The van der Waals surface area contributed by atoms with E-state index in [9.17, 15) is 0 Å². The Morgan fingerprint density at radius 3 is 1.32 bits per heavy atom. The molecule has 332 valence electrons. The van der Waals surface area contributed by atoms with E-state index in [4.69, 9.17) is 4.42 Å². The third kappa shape index (κ3) is 7.78. The molecule has 1 heterocycles. The average molecular weight is 881 g/mol. The van der Waals surface area contributed by atoms with Crippen molar-refractivity contribution in [1.29, 1.82) is 0 Å². The molecule has 0 unspecified atom stereocenters. The van der Waals surface area contributed by atoms with Crippen LogP contribution in [-0.2, 0) is 5.41 Å². The molecule has 68 heavy (non-hydrogen) atoms. The van der Waals surface area contributed by atoms with Crippen LogP contribution in [0.2, 0.25) is 0 Å². The summed E-state index contributed by atoms with van der Waals surface area (Å²) in [4.78, 5) is 4.86. The zero-order valence-electron chi connectivity index (χ0n) is 40.0. The molecule has 0 aliphatic heterocycles. The van der Waals surface area contributed by atoms with E-state index in [1.807, 2.05) is 0 Å². The fourth-order valence-electron chi connectivity index (χ4n) is 9.96. The molecule has 0 N–H and O–H groups in total. The van der Waals surface area contributed by atoms with Crippen molar-refractivity contribution >= 4 is 77.6 Å². The monoisotopic (exact) mass is 880 g/mol. The topological polar surface area (TPSA) is 19.6 Å². The Balaban J connectivity index is 1.04. The van der Waals surface area contributed by atoms with Gasteiger partial charge in [0.2, 0.25) is 0 Å². The molecule has 0 radical (unpaired) electrons. The van der Waals surface area contributed by atoms with E-state index in [1.54, 1.807) is 0 Å². The summed E-state index contributed by atoms with van der Waals surface area (Å²) in [5.41, 5.74) is 18.3. The van der Waals surface area contributed by atoms with Crippen molar-refractivity contribution in [3.8, 4) is 22.3 Å². The van der Waals surface area contributed by atoms with Gasteiger partial charge in [0.1, 0.15) is 11.2 Å². The van der Waals surface area contributed by atoms with Crippen LogP contribution in [0.15, 0.2) is 211 Å². The lowest BCUT2D eigenvalue weighted by Gasteiger charge is -2.31. The molecule has 3 heteroatoms. The number of aryl methyl sites for hydroxylation is 2. The molecule has 1 aromatic heterocycles. The van der Waals surface area contributed by atoms with E-state index in [1.165, 1.54) is 55.3 Å². The Hall–Kier alpha value is -7.88. The van der Waals surface area contributed by atoms with Crippen LogP contribution in [0, 0.1) is 13.8 Å². The normalized spacial score (nSPS) is 11.9. The number of fused-ring (bicyclic) bond motifs is 5. The predicted molar refractivity (Wildman–Crippen MR) is 291 cm³/mol. The van der Waals surface area contributed by atoms with Crippen molar-refractivity contribution in [2.45, 2.75) is 59.8 Å². The first-order chi connectivity index (χ1) is 33.0. The van der Waals surface area contributed by atoms with Crippen molar-refractivity contribution in [2.24, 2.45) is 0 Å². The second kappa shape index (κ2) is 17.1. The highest BCUT2D eigenvalue weighted by Gasteiger charge is 2.24. The van der Waals surface area contributed by atoms with E-state index in [0.29, 0.717) is 5.92 Å². The Morgan fingerprint density at radius 1 is 0.397 bits per heavy atom. The largest absolute Gasteiger partial charge is 0.456 e. The number of hydrogen-bond donors (Lipinski definition) is 0. The first kappa shape index (κ1) is 42.7. The minimum atomic E-state index is -0.00109. The highest BCUT2D eigenvalue weighted by molar-refractivity contribution is 6.14. The van der Waals surface area contributed by atoms with Crippen LogP contribution in [-0.4, -0.2) is 0 Å². The minimum absolute atomic E-state index is 0.00109. The van der Waals surface area contributed by atoms with E-state index < -0.39 is 0 Å². The van der Waals surface area contributed by atoms with Crippen molar-refractivity contribution < 1.29 is 4.42 Å². The lowest BCUT2D eigenvalue weighted by molar-refractivity contribution is 0.590. The Labute approximate surface area is 400 Å². The van der Waals surface area contributed by atoms with Crippen molar-refractivity contribution in [1.82, 2.24) is 0 Å². The molecule has 0 spiro atoms. The molecule has 11 rings (SSSR count). The standard InChI is InChI=1S/C65H56N2O/c1-42(2)47-28-32-61(55(36-47)45-20-10-8-11-21-45)66(59-24-16-14-18-43(59)3)53-30-26-48-37-57-58-38-49-27-31-54(35-51(49)40-64(58)68-63(57)39-50(48)34-53)67(60-25-17-15-19-44(60)4)62-33-29-52(65(5,6)7)41-56(62)46-22-12-9-13-23-46/h8-42H,1-7H3. The molecule has 0 bridgehead atoms. The van der Waals surface area contributed by atoms with Gasteiger partial charge in [-0.2, -0.15) is 0 Å². The lowest BCUT2D eigenvalue weighted by Crippen LogP contribution is -2.15. The van der Waals surface area contributed by atoms with Gasteiger partial charge in [-0.25, -0.2) is 0 Å². The summed E-state index contributed by atoms with van der Waals surface area (Å²) in [6.45, 7) is 15.8. The Kier molecular flexibility index (Phi) is 10.7. The summed E-state index contributed by atoms with van der Waals surface area (Å²) in [7, 11) is 0. The molecule has 0 atom stereocenters. The van der Waals surface area contributed by atoms with Gasteiger partial charge in [-0.3, -0.25) is 0 Å². The molecule has 11 aromatic rings. The smallest absolute Gasteiger partial charge is 0.136 e. The van der Waals surface area contributed by atoms with Gasteiger partial charge in [0, 0.05) is 44.6 Å². The maximum absolute atomic E-state index is 6.85. The fraction of sp³-hybridized carbons (Fsp3) is 0.138. The van der Waals surface area contributed by atoms with Gasteiger partial charge in [-0.05, 0) is 165 Å². The maximum Gasteiger partial charge on any atom is 0.136 e. The van der Waals surface area contributed by atoms with Crippen molar-refractivity contribution in [3.05, 3.63) is 229 Å². The first-order valence-electron chi connectivity index (χ1n) is 23.9. The average Bonchev–Trinajstić information content (AvgIpc) is 3.69. The zero-order valence-corrected chi connectivity index (χ0v) is 40.0. The van der Waals surface area contributed by atoms with Gasteiger partial charge in [0.05, 0.1) is 11.4 Å². The number of hydrogen-bond acceptors (Lipinski definition) is 3. The summed E-state index contributed by atoms with van der Waals surface area (Å²) in [5, 5.41) is 6.82. The third-order valence-electron chi connectivity index (χ3n) is 13.8. The van der Waals surface area contributed by atoms with Gasteiger partial charge in [0.25, 0.3) is 0 Å². The van der Waals surface area contributed by atoms with E-state index in [2.05, 4.69) is 265 Å². The van der Waals surface area contributed by atoms with Crippen LogP contribution in [0.25, 0.3) is 65.7 Å². The molecular formula is C65H56N2O. The zero-order chi connectivity index (χ0) is 46.7. The summed E-state index contributed by atoms with van der Waals surface area (Å²) in [5.74, 6) is 0.405. The van der Waals surface area contributed by atoms with Gasteiger partial charge < -0.3 is 14.2 Å². The third-order valence-corrected chi connectivity index (χ3v) is 13.8. The van der Waals surface area contributed by atoms with E-state index in [0.717, 1.165) is 66.8 Å². The number of nitrogens with zero attached hydrogens (tertiary/aromatic N) is 2. The fourth-order valence-corrected chi connectivity index (χ4v) is 9.96. The van der Waals surface area contributed by atoms with Crippen LogP contribution in [0.5, 0.6) is 0 Å². The van der Waals surface area contributed by atoms with Crippen LogP contribution >= 0.6 is 0 Å². The highest BCUT2D eigenvalue weighted by Crippen LogP contribution is 2.47. The van der Waals surface area contributed by atoms with Gasteiger partial charge >= 0.3 is 0 Å². The quantitative estimate of drug-likeness (QED) is 0.144. The molecule has 0 aliphatic rings. The SMILES string of the molecule is Cc1ccccc1N(c1ccc2cc3c(cc2c1)oc1cc2cc(N(c4ccccc4C)c4ccc(C(C)(C)C)cc4-c4ccccc4)ccc2cc13)c1ccc(C(C)C)cc1-c1ccccc1. The predicted octanol–water partition coefficient (Wildman–Crippen LogP) is 19.2. The number of anilines is 6. The van der Waals surface area contributed by atoms with Gasteiger partial charge in [-0.1, -0.05) is 156 Å². The van der Waals surface area contributed by atoms with Gasteiger partial charge in [0.15, 0.2) is 0 Å². The Bertz CT molecular complexity index is 3670. The number of benzene rings is 10. The van der Waals surface area contributed by atoms with Crippen molar-refractivity contribution in [2.75, 3.05) is 9.80 Å². The highest BCUT2D eigenvalue weighted by atomic mass is 16.3. The molecule has 0 fully saturated rings. The van der Waals surface area contributed by atoms with E-state index in [-0.39, 0.29) is 5.41 Å². The second-order valence-electron chi connectivity index (χ2n) is 19.8. The van der Waals surface area contributed by atoms with Crippen LogP contribution < -0.4 is 9.80 Å². The summed E-state index contributed by atoms with van der Waals surface area (Å²) in [6, 6.07) is 75.7.